The van der Waals surface area contributed by atoms with E-state index in [0.717, 1.165) is 23.4 Å². The van der Waals surface area contributed by atoms with Gasteiger partial charge in [-0.05, 0) is 25.5 Å². The van der Waals surface area contributed by atoms with Crippen LogP contribution in [0.3, 0.4) is 0 Å². The Bertz CT molecular complexity index is 770. The van der Waals surface area contributed by atoms with Gasteiger partial charge in [-0.25, -0.2) is 0 Å². The van der Waals surface area contributed by atoms with E-state index in [0.29, 0.717) is 5.82 Å². The molecule has 25 heavy (non-hydrogen) atoms. The van der Waals surface area contributed by atoms with Crippen molar-refractivity contribution in [2.45, 2.75) is 32.4 Å². The molecule has 0 saturated carbocycles. The van der Waals surface area contributed by atoms with E-state index in [1.54, 1.807) is 24.8 Å². The molecule has 2 unspecified atom stereocenters. The Morgan fingerprint density at radius 2 is 2.12 bits per heavy atom. The number of carbonyl (C=O) groups is 2. The van der Waals surface area contributed by atoms with Gasteiger partial charge in [0.1, 0.15) is 11.9 Å². The third kappa shape index (κ3) is 3.35. The molecule has 0 radical (unpaired) electrons. The summed E-state index contributed by atoms with van der Waals surface area (Å²) in [6, 6.07) is 9.29. The highest BCUT2D eigenvalue weighted by atomic mass is 16.5. The first-order valence-electron chi connectivity index (χ1n) is 8.20. The largest absolute Gasteiger partial charge is 0.488 e. The molecule has 2 atom stereocenters. The van der Waals surface area contributed by atoms with Crippen molar-refractivity contribution in [2.75, 3.05) is 12.4 Å². The zero-order valence-corrected chi connectivity index (χ0v) is 14.8. The van der Waals surface area contributed by atoms with E-state index in [1.807, 2.05) is 38.1 Å². The monoisotopic (exact) mass is 342 g/mol. The minimum Gasteiger partial charge on any atom is -0.488 e. The lowest BCUT2D eigenvalue weighted by Crippen LogP contribution is -2.48. The lowest BCUT2D eigenvalue weighted by Gasteiger charge is -2.28. The molecule has 2 amide bonds. The van der Waals surface area contributed by atoms with E-state index < -0.39 is 11.8 Å². The summed E-state index contributed by atoms with van der Waals surface area (Å²) in [4.78, 5) is 26.1. The van der Waals surface area contributed by atoms with Crippen molar-refractivity contribution in [3.63, 3.8) is 0 Å². The van der Waals surface area contributed by atoms with Crippen molar-refractivity contribution in [2.24, 2.45) is 7.05 Å². The van der Waals surface area contributed by atoms with Gasteiger partial charge in [-0.15, -0.1) is 0 Å². The molecule has 0 spiro atoms. The maximum atomic E-state index is 12.4. The van der Waals surface area contributed by atoms with Gasteiger partial charge in [0.2, 0.25) is 0 Å². The van der Waals surface area contributed by atoms with Crippen LogP contribution in [-0.2, 0) is 23.1 Å². The summed E-state index contributed by atoms with van der Waals surface area (Å²) >= 11 is 0. The van der Waals surface area contributed by atoms with Crippen LogP contribution in [0.4, 0.5) is 5.82 Å². The van der Waals surface area contributed by atoms with Crippen LogP contribution < -0.4 is 10.1 Å². The number of para-hydroxylation sites is 1. The minimum atomic E-state index is -0.706. The van der Waals surface area contributed by atoms with Crippen molar-refractivity contribution in [3.05, 3.63) is 41.6 Å². The molecule has 2 aromatic rings. The summed E-state index contributed by atoms with van der Waals surface area (Å²) < 4.78 is 7.55. The molecular weight excluding hydrogens is 320 g/mol. The number of benzene rings is 1. The molecule has 1 aromatic carbocycles. The Kier molecular flexibility index (Phi) is 4.48. The maximum Gasteiger partial charge on any atom is 0.315 e. The van der Waals surface area contributed by atoms with E-state index in [1.165, 1.54) is 4.90 Å². The van der Waals surface area contributed by atoms with E-state index in [9.17, 15) is 9.59 Å². The number of aryl methyl sites for hydroxylation is 2. The Balaban J connectivity index is 1.62. The number of hydrogen-bond acceptors (Lipinski definition) is 4. The summed E-state index contributed by atoms with van der Waals surface area (Å²) in [7, 11) is 3.39. The molecule has 1 aliphatic rings. The predicted octanol–water partition coefficient (Wildman–Crippen LogP) is 1.52. The van der Waals surface area contributed by atoms with Crippen LogP contribution in [0.15, 0.2) is 30.3 Å². The van der Waals surface area contributed by atoms with Gasteiger partial charge >= 0.3 is 11.8 Å². The standard InChI is InChI=1S/C18H22N4O3/c1-11-9-16(20-22(11)4)19-17(23)18(24)21(3)12(2)15-10-13-7-5-6-8-14(13)25-15/h5-9,12,15H,10H2,1-4H3,(H,19,20,23). The number of rotatable bonds is 3. The Morgan fingerprint density at radius 1 is 1.40 bits per heavy atom. The van der Waals surface area contributed by atoms with Gasteiger partial charge in [-0.3, -0.25) is 14.3 Å². The third-order valence-corrected chi connectivity index (χ3v) is 4.69. The first-order chi connectivity index (χ1) is 11.9. The molecule has 0 bridgehead atoms. The number of anilines is 1. The fourth-order valence-electron chi connectivity index (χ4n) is 2.86. The zero-order valence-electron chi connectivity index (χ0n) is 14.8. The number of hydrogen-bond donors (Lipinski definition) is 1. The van der Waals surface area contributed by atoms with Crippen LogP contribution in [0.2, 0.25) is 0 Å². The van der Waals surface area contributed by atoms with Gasteiger partial charge in [0.05, 0.1) is 6.04 Å². The maximum absolute atomic E-state index is 12.4. The molecule has 3 rings (SSSR count). The fourth-order valence-corrected chi connectivity index (χ4v) is 2.86. The van der Waals surface area contributed by atoms with E-state index in [-0.39, 0.29) is 12.1 Å². The highest BCUT2D eigenvalue weighted by Crippen LogP contribution is 2.30. The first kappa shape index (κ1) is 17.0. The summed E-state index contributed by atoms with van der Waals surface area (Å²) in [5.74, 6) is -0.115. The van der Waals surface area contributed by atoms with Crippen LogP contribution in [0, 0.1) is 6.92 Å². The highest BCUT2D eigenvalue weighted by Gasteiger charge is 2.33. The average molecular weight is 342 g/mol. The quantitative estimate of drug-likeness (QED) is 0.858. The lowest BCUT2D eigenvalue weighted by molar-refractivity contribution is -0.144. The number of nitrogens with zero attached hydrogens (tertiary/aromatic N) is 3. The van der Waals surface area contributed by atoms with Crippen molar-refractivity contribution >= 4 is 17.6 Å². The Morgan fingerprint density at radius 3 is 2.76 bits per heavy atom. The average Bonchev–Trinajstić information content (AvgIpc) is 3.16. The predicted molar refractivity (Wildman–Crippen MR) is 93.4 cm³/mol. The number of carbonyl (C=O) groups excluding carboxylic acids is 2. The van der Waals surface area contributed by atoms with Crippen molar-refractivity contribution in [1.82, 2.24) is 14.7 Å². The van der Waals surface area contributed by atoms with E-state index >= 15 is 0 Å². The molecule has 0 saturated heterocycles. The van der Waals surface area contributed by atoms with Crippen molar-refractivity contribution in [1.29, 1.82) is 0 Å². The SMILES string of the molecule is Cc1cc(NC(=O)C(=O)N(C)C(C)C2Cc3ccccc3O2)nn1C. The van der Waals surface area contributed by atoms with Crippen LogP contribution in [0.1, 0.15) is 18.2 Å². The summed E-state index contributed by atoms with van der Waals surface area (Å²) in [6.45, 7) is 3.75. The second kappa shape index (κ2) is 6.58. The number of nitrogens with one attached hydrogen (secondary N) is 1. The van der Waals surface area contributed by atoms with Crippen LogP contribution in [-0.4, -0.2) is 45.7 Å². The van der Waals surface area contributed by atoms with Crippen LogP contribution >= 0.6 is 0 Å². The third-order valence-electron chi connectivity index (χ3n) is 4.69. The fraction of sp³-hybridized carbons (Fsp3) is 0.389. The van der Waals surface area contributed by atoms with Gasteiger partial charge in [0, 0.05) is 32.3 Å². The topological polar surface area (TPSA) is 76.5 Å². The number of amides is 2. The smallest absolute Gasteiger partial charge is 0.315 e. The number of aromatic nitrogens is 2. The number of likely N-dealkylation sites (N-methyl/N-ethyl adjacent to an activating group) is 1. The Labute approximate surface area is 146 Å². The molecule has 2 heterocycles. The minimum absolute atomic E-state index is 0.170. The van der Waals surface area contributed by atoms with Gasteiger partial charge in [0.15, 0.2) is 5.82 Å². The van der Waals surface area contributed by atoms with E-state index in [2.05, 4.69) is 10.4 Å². The molecule has 0 fully saturated rings. The summed E-state index contributed by atoms with van der Waals surface area (Å²) in [5, 5.41) is 6.67. The molecule has 132 valence electrons. The van der Waals surface area contributed by atoms with Crippen LogP contribution in [0.25, 0.3) is 0 Å². The molecule has 0 aliphatic carbocycles. The summed E-state index contributed by atoms with van der Waals surface area (Å²) in [6.07, 6.45) is 0.548. The second-order valence-electron chi connectivity index (χ2n) is 6.37. The van der Waals surface area contributed by atoms with Gasteiger partial charge in [-0.2, -0.15) is 5.10 Å². The van der Waals surface area contributed by atoms with E-state index in [4.69, 9.17) is 4.74 Å². The number of ether oxygens (including phenoxy) is 1. The van der Waals surface area contributed by atoms with Crippen molar-refractivity contribution in [3.8, 4) is 5.75 Å². The molecule has 7 nitrogen and oxygen atoms in total. The molecule has 1 aliphatic heterocycles. The zero-order chi connectivity index (χ0) is 18.1. The summed E-state index contributed by atoms with van der Waals surface area (Å²) in [5.41, 5.74) is 2.01. The normalized spacial score (nSPS) is 16.7. The highest BCUT2D eigenvalue weighted by molar-refractivity contribution is 6.39. The van der Waals surface area contributed by atoms with Crippen molar-refractivity contribution < 1.29 is 14.3 Å². The van der Waals surface area contributed by atoms with Gasteiger partial charge in [-0.1, -0.05) is 18.2 Å². The number of fused-ring (bicyclic) bond motifs is 1. The molecule has 1 N–H and O–H groups in total. The molecular formula is C18H22N4O3. The van der Waals surface area contributed by atoms with Gasteiger partial charge in [0.25, 0.3) is 0 Å². The molecule has 7 heteroatoms. The van der Waals surface area contributed by atoms with Crippen LogP contribution in [0.5, 0.6) is 5.75 Å². The Hall–Kier alpha value is -2.83. The molecule has 1 aromatic heterocycles. The second-order valence-corrected chi connectivity index (χ2v) is 6.37. The van der Waals surface area contributed by atoms with Gasteiger partial charge < -0.3 is 15.0 Å². The first-order valence-corrected chi connectivity index (χ1v) is 8.20. The lowest BCUT2D eigenvalue weighted by atomic mass is 10.0.